The molecule has 0 saturated carbocycles. The van der Waals surface area contributed by atoms with Gasteiger partial charge in [-0.25, -0.2) is 8.78 Å². The van der Waals surface area contributed by atoms with Crippen molar-refractivity contribution < 1.29 is 18.1 Å². The molecule has 0 bridgehead atoms. The summed E-state index contributed by atoms with van der Waals surface area (Å²) in [6, 6.07) is 13.4. The molecular weight excluding hydrogens is 388 g/mol. The highest BCUT2D eigenvalue weighted by molar-refractivity contribution is 5.83. The Morgan fingerprint density at radius 3 is 2.53 bits per heavy atom. The maximum atomic E-state index is 13.5. The normalized spacial score (nSPS) is 15.9. The molecule has 1 fully saturated rings. The Labute approximate surface area is 173 Å². The van der Waals surface area contributed by atoms with Crippen LogP contribution in [0.3, 0.4) is 0 Å². The molecule has 2 heterocycles. The maximum Gasteiger partial charge on any atom is 0.230 e. The van der Waals surface area contributed by atoms with E-state index in [-0.39, 0.29) is 23.6 Å². The standard InChI is InChI=1S/C23H23F2N3O2/c1-2-18(15-6-4-3-5-7-15)23(29)28-12-10-16(11-13-28)22-26-21(27-30-22)17-8-9-19(24)20(25)14-17/h3-9,14,16,18H,2,10-13H2,1H3. The van der Waals surface area contributed by atoms with E-state index in [9.17, 15) is 13.6 Å². The van der Waals surface area contributed by atoms with Gasteiger partial charge in [-0.3, -0.25) is 4.79 Å². The topological polar surface area (TPSA) is 59.2 Å². The molecule has 1 atom stereocenters. The molecule has 3 aromatic rings. The molecule has 0 aliphatic carbocycles. The third-order valence-corrected chi connectivity index (χ3v) is 5.68. The van der Waals surface area contributed by atoms with Crippen LogP contribution in [0.1, 0.15) is 49.5 Å². The number of benzene rings is 2. The smallest absolute Gasteiger partial charge is 0.230 e. The molecule has 1 saturated heterocycles. The van der Waals surface area contributed by atoms with E-state index in [1.54, 1.807) is 0 Å². The Morgan fingerprint density at radius 2 is 1.87 bits per heavy atom. The summed E-state index contributed by atoms with van der Waals surface area (Å²) in [4.78, 5) is 19.3. The molecule has 1 aromatic heterocycles. The lowest BCUT2D eigenvalue weighted by Crippen LogP contribution is -2.40. The quantitative estimate of drug-likeness (QED) is 0.598. The minimum absolute atomic E-state index is 0.0393. The number of nitrogens with zero attached hydrogens (tertiary/aromatic N) is 3. The van der Waals surface area contributed by atoms with E-state index in [1.807, 2.05) is 42.2 Å². The number of amides is 1. The molecule has 1 unspecified atom stereocenters. The molecule has 7 heteroatoms. The Morgan fingerprint density at radius 1 is 1.13 bits per heavy atom. The first-order valence-corrected chi connectivity index (χ1v) is 10.2. The van der Waals surface area contributed by atoms with Crippen molar-refractivity contribution in [1.29, 1.82) is 0 Å². The Bertz CT molecular complexity index is 1010. The molecular formula is C23H23F2N3O2. The van der Waals surface area contributed by atoms with Crippen LogP contribution in [0.25, 0.3) is 11.4 Å². The molecule has 1 aliphatic heterocycles. The van der Waals surface area contributed by atoms with Gasteiger partial charge in [0.15, 0.2) is 11.6 Å². The van der Waals surface area contributed by atoms with Gasteiger partial charge in [0.2, 0.25) is 17.6 Å². The summed E-state index contributed by atoms with van der Waals surface area (Å²) in [6.07, 6.45) is 2.19. The van der Waals surface area contributed by atoms with Crippen LogP contribution in [-0.2, 0) is 4.79 Å². The third-order valence-electron chi connectivity index (χ3n) is 5.68. The SMILES string of the molecule is CCC(C(=O)N1CCC(c2nc(-c3ccc(F)c(F)c3)no2)CC1)c1ccccc1. The van der Waals surface area contributed by atoms with Crippen LogP contribution < -0.4 is 0 Å². The summed E-state index contributed by atoms with van der Waals surface area (Å²) in [5, 5.41) is 3.91. The monoisotopic (exact) mass is 411 g/mol. The van der Waals surface area contributed by atoms with Crippen molar-refractivity contribution in [2.75, 3.05) is 13.1 Å². The molecule has 30 heavy (non-hydrogen) atoms. The van der Waals surface area contributed by atoms with E-state index in [1.165, 1.54) is 6.07 Å². The fourth-order valence-corrected chi connectivity index (χ4v) is 3.96. The van der Waals surface area contributed by atoms with Crippen molar-refractivity contribution in [3.63, 3.8) is 0 Å². The second-order valence-corrected chi connectivity index (χ2v) is 7.56. The van der Waals surface area contributed by atoms with Gasteiger partial charge in [0.05, 0.1) is 5.92 Å². The van der Waals surface area contributed by atoms with Gasteiger partial charge >= 0.3 is 0 Å². The number of piperidine rings is 1. The molecule has 1 aliphatic rings. The number of carbonyl (C=O) groups is 1. The van der Waals surface area contributed by atoms with E-state index in [4.69, 9.17) is 4.52 Å². The lowest BCUT2D eigenvalue weighted by molar-refractivity contribution is -0.134. The van der Waals surface area contributed by atoms with Gasteiger partial charge in [-0.2, -0.15) is 4.98 Å². The number of halogens is 2. The summed E-state index contributed by atoms with van der Waals surface area (Å²) in [7, 11) is 0. The average Bonchev–Trinajstić information content (AvgIpc) is 3.27. The van der Waals surface area contributed by atoms with E-state index < -0.39 is 11.6 Å². The number of rotatable bonds is 5. The molecule has 156 valence electrons. The first kappa shape index (κ1) is 20.2. The lowest BCUT2D eigenvalue weighted by Gasteiger charge is -2.33. The number of hydrogen-bond acceptors (Lipinski definition) is 4. The van der Waals surface area contributed by atoms with Gasteiger partial charge in [-0.1, -0.05) is 42.4 Å². The summed E-state index contributed by atoms with van der Waals surface area (Å²) < 4.78 is 32.0. The summed E-state index contributed by atoms with van der Waals surface area (Å²) in [5.41, 5.74) is 1.41. The largest absolute Gasteiger partial charge is 0.342 e. The number of likely N-dealkylation sites (tertiary alicyclic amines) is 1. The zero-order chi connectivity index (χ0) is 21.1. The minimum Gasteiger partial charge on any atom is -0.342 e. The third kappa shape index (κ3) is 4.10. The van der Waals surface area contributed by atoms with Gasteiger partial charge in [0, 0.05) is 24.6 Å². The highest BCUT2D eigenvalue weighted by Crippen LogP contribution is 2.31. The fraction of sp³-hybridized carbons (Fsp3) is 0.348. The van der Waals surface area contributed by atoms with Gasteiger partial charge in [0.25, 0.3) is 0 Å². The van der Waals surface area contributed by atoms with Crippen LogP contribution in [0.5, 0.6) is 0 Å². The Balaban J connectivity index is 1.40. The summed E-state index contributed by atoms with van der Waals surface area (Å²) in [5.74, 6) is -1.11. The van der Waals surface area contributed by atoms with Crippen LogP contribution in [-0.4, -0.2) is 34.0 Å². The first-order chi connectivity index (χ1) is 14.6. The second-order valence-electron chi connectivity index (χ2n) is 7.56. The summed E-state index contributed by atoms with van der Waals surface area (Å²) >= 11 is 0. The van der Waals surface area contributed by atoms with E-state index in [2.05, 4.69) is 10.1 Å². The van der Waals surface area contributed by atoms with Crippen LogP contribution in [0.2, 0.25) is 0 Å². The van der Waals surface area contributed by atoms with Crippen molar-refractivity contribution >= 4 is 5.91 Å². The average molecular weight is 411 g/mol. The van der Waals surface area contributed by atoms with Gasteiger partial charge in [-0.15, -0.1) is 0 Å². The maximum absolute atomic E-state index is 13.5. The molecule has 4 rings (SSSR count). The second kappa shape index (κ2) is 8.73. The van der Waals surface area contributed by atoms with Gasteiger partial charge < -0.3 is 9.42 Å². The van der Waals surface area contributed by atoms with Crippen molar-refractivity contribution in [3.05, 3.63) is 71.6 Å². The van der Waals surface area contributed by atoms with Crippen molar-refractivity contribution in [1.82, 2.24) is 15.0 Å². The lowest BCUT2D eigenvalue weighted by atomic mass is 9.92. The van der Waals surface area contributed by atoms with Gasteiger partial charge in [0.1, 0.15) is 0 Å². The Kier molecular flexibility index (Phi) is 5.88. The van der Waals surface area contributed by atoms with Crippen molar-refractivity contribution in [3.8, 4) is 11.4 Å². The molecule has 0 N–H and O–H groups in total. The van der Waals surface area contributed by atoms with Crippen LogP contribution in [0.15, 0.2) is 53.1 Å². The molecule has 1 amide bonds. The highest BCUT2D eigenvalue weighted by atomic mass is 19.2. The Hall–Kier alpha value is -3.09. The van der Waals surface area contributed by atoms with Crippen molar-refractivity contribution in [2.45, 2.75) is 38.0 Å². The van der Waals surface area contributed by atoms with E-state index >= 15 is 0 Å². The highest BCUT2D eigenvalue weighted by Gasteiger charge is 2.31. The number of aromatic nitrogens is 2. The predicted octanol–water partition coefficient (Wildman–Crippen LogP) is 4.91. The van der Waals surface area contributed by atoms with Gasteiger partial charge in [-0.05, 0) is 43.0 Å². The molecule has 0 spiro atoms. The predicted molar refractivity (Wildman–Crippen MR) is 108 cm³/mol. The first-order valence-electron chi connectivity index (χ1n) is 10.2. The summed E-state index contributed by atoms with van der Waals surface area (Å²) in [6.45, 7) is 3.27. The fourth-order valence-electron chi connectivity index (χ4n) is 3.96. The van der Waals surface area contributed by atoms with Crippen LogP contribution in [0.4, 0.5) is 8.78 Å². The van der Waals surface area contributed by atoms with E-state index in [0.29, 0.717) is 24.5 Å². The van der Waals surface area contributed by atoms with Crippen molar-refractivity contribution in [2.24, 2.45) is 0 Å². The number of carbonyl (C=O) groups excluding carboxylic acids is 1. The molecule has 5 nitrogen and oxygen atoms in total. The van der Waals surface area contributed by atoms with Crippen LogP contribution >= 0.6 is 0 Å². The van der Waals surface area contributed by atoms with Crippen LogP contribution in [0, 0.1) is 11.6 Å². The molecule has 2 aromatic carbocycles. The zero-order valence-corrected chi connectivity index (χ0v) is 16.7. The minimum atomic E-state index is -0.949. The number of hydrogen-bond donors (Lipinski definition) is 0. The zero-order valence-electron chi connectivity index (χ0n) is 16.7. The van der Waals surface area contributed by atoms with E-state index in [0.717, 1.165) is 37.0 Å². The molecule has 0 radical (unpaired) electrons.